The molecule has 0 aromatic carbocycles. The van der Waals surface area contributed by atoms with Crippen LogP contribution in [-0.4, -0.2) is 16.6 Å². The lowest BCUT2D eigenvalue weighted by atomic mass is 10.1. The highest BCUT2D eigenvalue weighted by molar-refractivity contribution is 5.66. The zero-order valence-corrected chi connectivity index (χ0v) is 9.28. The van der Waals surface area contributed by atoms with Gasteiger partial charge in [-0.3, -0.25) is 0 Å². The number of nitrogens with one attached hydrogen (secondary N) is 1. The van der Waals surface area contributed by atoms with Gasteiger partial charge in [0.25, 0.3) is 0 Å². The van der Waals surface area contributed by atoms with E-state index in [0.717, 1.165) is 11.5 Å². The minimum absolute atomic E-state index is 0.911. The van der Waals surface area contributed by atoms with Gasteiger partial charge in [0, 0.05) is 32.2 Å². The van der Waals surface area contributed by atoms with E-state index in [-0.39, 0.29) is 0 Å². The summed E-state index contributed by atoms with van der Waals surface area (Å²) in [6.45, 7) is 2.01. The number of hydrogen-bond acceptors (Lipinski definition) is 2. The van der Waals surface area contributed by atoms with Crippen LogP contribution in [-0.2, 0) is 7.05 Å². The first-order chi connectivity index (χ1) is 7.19. The fraction of sp³-hybridized carbons (Fsp3) is 0.250. The Balaban J connectivity index is 2.48. The second-order valence-electron chi connectivity index (χ2n) is 3.70. The third-order valence-electron chi connectivity index (χ3n) is 2.37. The van der Waals surface area contributed by atoms with Gasteiger partial charge >= 0.3 is 0 Å². The van der Waals surface area contributed by atoms with Crippen molar-refractivity contribution in [2.75, 3.05) is 12.4 Å². The van der Waals surface area contributed by atoms with Gasteiger partial charge in [-0.15, -0.1) is 0 Å². The second kappa shape index (κ2) is 3.77. The second-order valence-corrected chi connectivity index (χ2v) is 3.70. The highest BCUT2D eigenvalue weighted by atomic mass is 15.0. The molecular formula is C12H15N3. The maximum Gasteiger partial charge on any atom is 0.126 e. The molecule has 15 heavy (non-hydrogen) atoms. The quantitative estimate of drug-likeness (QED) is 0.808. The Hall–Kier alpha value is -1.77. The number of anilines is 1. The fourth-order valence-corrected chi connectivity index (χ4v) is 1.64. The molecular weight excluding hydrogens is 186 g/mol. The Kier molecular flexibility index (Phi) is 2.46. The predicted molar refractivity (Wildman–Crippen MR) is 62.9 cm³/mol. The van der Waals surface area contributed by atoms with Crippen molar-refractivity contribution in [2.24, 2.45) is 7.05 Å². The molecule has 0 spiro atoms. The number of aryl methyl sites for hydroxylation is 2. The maximum atomic E-state index is 4.37. The van der Waals surface area contributed by atoms with Crippen LogP contribution in [0.15, 0.2) is 30.6 Å². The van der Waals surface area contributed by atoms with Crippen molar-refractivity contribution in [3.63, 3.8) is 0 Å². The Bertz CT molecular complexity index is 471. The molecule has 0 amide bonds. The van der Waals surface area contributed by atoms with E-state index in [0.29, 0.717) is 0 Å². The third-order valence-corrected chi connectivity index (χ3v) is 2.37. The van der Waals surface area contributed by atoms with E-state index < -0.39 is 0 Å². The van der Waals surface area contributed by atoms with Crippen molar-refractivity contribution >= 4 is 5.82 Å². The van der Waals surface area contributed by atoms with Gasteiger partial charge in [-0.2, -0.15) is 0 Å². The van der Waals surface area contributed by atoms with E-state index in [1.807, 2.05) is 31.8 Å². The molecule has 0 saturated heterocycles. The van der Waals surface area contributed by atoms with Crippen LogP contribution in [0, 0.1) is 6.92 Å². The molecule has 0 atom stereocenters. The van der Waals surface area contributed by atoms with E-state index in [1.54, 1.807) is 0 Å². The first-order valence-corrected chi connectivity index (χ1v) is 4.98. The third kappa shape index (κ3) is 2.01. The summed E-state index contributed by atoms with van der Waals surface area (Å²) in [5, 5.41) is 3.07. The minimum atomic E-state index is 0.911. The van der Waals surface area contributed by atoms with E-state index >= 15 is 0 Å². The molecule has 3 heteroatoms. The molecule has 1 N–H and O–H groups in total. The molecule has 0 aliphatic carbocycles. The SMILES string of the molecule is CNc1cc(-c2ccn(C)c2)cc(C)n1. The van der Waals surface area contributed by atoms with Gasteiger partial charge in [0.05, 0.1) is 0 Å². The Morgan fingerprint density at radius 1 is 1.27 bits per heavy atom. The molecule has 0 aliphatic rings. The van der Waals surface area contributed by atoms with Crippen molar-refractivity contribution in [3.05, 3.63) is 36.3 Å². The van der Waals surface area contributed by atoms with Gasteiger partial charge in [0.1, 0.15) is 5.82 Å². The predicted octanol–water partition coefficient (Wildman–Crippen LogP) is 2.44. The highest BCUT2D eigenvalue weighted by Crippen LogP contribution is 2.22. The first kappa shape index (κ1) is 9.77. The minimum Gasteiger partial charge on any atom is -0.373 e. The van der Waals surface area contributed by atoms with E-state index in [9.17, 15) is 0 Å². The standard InChI is InChI=1S/C12H15N3/c1-9-6-11(7-12(13-2)14-9)10-4-5-15(3)8-10/h4-8H,1-3H3,(H,13,14). The molecule has 0 fully saturated rings. The van der Waals surface area contributed by atoms with Gasteiger partial charge in [-0.05, 0) is 36.2 Å². The zero-order valence-electron chi connectivity index (χ0n) is 9.28. The molecule has 0 aliphatic heterocycles. The molecule has 2 heterocycles. The van der Waals surface area contributed by atoms with E-state index in [1.165, 1.54) is 11.1 Å². The Labute approximate surface area is 89.8 Å². The van der Waals surface area contributed by atoms with E-state index in [4.69, 9.17) is 0 Å². The summed E-state index contributed by atoms with van der Waals surface area (Å²) in [4.78, 5) is 4.37. The fourth-order valence-electron chi connectivity index (χ4n) is 1.64. The Morgan fingerprint density at radius 3 is 2.67 bits per heavy atom. The monoisotopic (exact) mass is 201 g/mol. The summed E-state index contributed by atoms with van der Waals surface area (Å²) in [5.74, 6) is 0.911. The summed E-state index contributed by atoms with van der Waals surface area (Å²) in [6.07, 6.45) is 4.15. The van der Waals surface area contributed by atoms with Crippen molar-refractivity contribution < 1.29 is 0 Å². The van der Waals surface area contributed by atoms with Crippen LogP contribution >= 0.6 is 0 Å². The normalized spacial score (nSPS) is 10.3. The maximum absolute atomic E-state index is 4.37. The van der Waals surface area contributed by atoms with Crippen molar-refractivity contribution in [2.45, 2.75) is 6.92 Å². The average molecular weight is 201 g/mol. The van der Waals surface area contributed by atoms with Crippen LogP contribution in [0.5, 0.6) is 0 Å². The summed E-state index contributed by atoms with van der Waals surface area (Å²) in [5.41, 5.74) is 3.45. The molecule has 0 saturated carbocycles. The average Bonchev–Trinajstić information content (AvgIpc) is 2.64. The van der Waals surface area contributed by atoms with Crippen molar-refractivity contribution in [1.29, 1.82) is 0 Å². The molecule has 0 radical (unpaired) electrons. The summed E-state index contributed by atoms with van der Waals surface area (Å²) in [7, 11) is 3.91. The zero-order chi connectivity index (χ0) is 10.8. The number of nitrogens with zero attached hydrogens (tertiary/aromatic N) is 2. The van der Waals surface area contributed by atoms with Crippen LogP contribution in [0.1, 0.15) is 5.69 Å². The first-order valence-electron chi connectivity index (χ1n) is 4.98. The van der Waals surface area contributed by atoms with Gasteiger partial charge < -0.3 is 9.88 Å². The molecule has 0 bridgehead atoms. The summed E-state index contributed by atoms with van der Waals surface area (Å²) in [6, 6.07) is 6.26. The van der Waals surface area contributed by atoms with Crippen LogP contribution in [0.4, 0.5) is 5.82 Å². The molecule has 2 rings (SSSR count). The van der Waals surface area contributed by atoms with Gasteiger partial charge in [-0.1, -0.05) is 0 Å². The molecule has 2 aromatic heterocycles. The number of aromatic nitrogens is 2. The lowest BCUT2D eigenvalue weighted by Gasteiger charge is -2.04. The molecule has 2 aromatic rings. The number of pyridine rings is 1. The Morgan fingerprint density at radius 2 is 2.07 bits per heavy atom. The molecule has 78 valence electrons. The number of rotatable bonds is 2. The van der Waals surface area contributed by atoms with Gasteiger partial charge in [0.15, 0.2) is 0 Å². The molecule has 0 unspecified atom stereocenters. The van der Waals surface area contributed by atoms with Crippen LogP contribution < -0.4 is 5.32 Å². The van der Waals surface area contributed by atoms with E-state index in [2.05, 4.69) is 34.7 Å². The van der Waals surface area contributed by atoms with Gasteiger partial charge in [-0.25, -0.2) is 4.98 Å². The summed E-state index contributed by atoms with van der Waals surface area (Å²) >= 11 is 0. The topological polar surface area (TPSA) is 29.9 Å². The van der Waals surface area contributed by atoms with Crippen LogP contribution in [0.3, 0.4) is 0 Å². The smallest absolute Gasteiger partial charge is 0.126 e. The van der Waals surface area contributed by atoms with Crippen molar-refractivity contribution in [1.82, 2.24) is 9.55 Å². The highest BCUT2D eigenvalue weighted by Gasteiger charge is 2.02. The lowest BCUT2D eigenvalue weighted by Crippen LogP contribution is -1.94. The van der Waals surface area contributed by atoms with Crippen LogP contribution in [0.2, 0.25) is 0 Å². The van der Waals surface area contributed by atoms with Crippen LogP contribution in [0.25, 0.3) is 11.1 Å². The van der Waals surface area contributed by atoms with Crippen molar-refractivity contribution in [3.8, 4) is 11.1 Å². The molecule has 3 nitrogen and oxygen atoms in total. The largest absolute Gasteiger partial charge is 0.373 e. The summed E-state index contributed by atoms with van der Waals surface area (Å²) < 4.78 is 2.05. The lowest BCUT2D eigenvalue weighted by molar-refractivity contribution is 0.928. The van der Waals surface area contributed by atoms with Gasteiger partial charge in [0.2, 0.25) is 0 Å². The number of hydrogen-bond donors (Lipinski definition) is 1.